The molecule has 1 amide bonds. The second-order valence-corrected chi connectivity index (χ2v) is 7.04. The molecule has 0 atom stereocenters. The van der Waals surface area contributed by atoms with Gasteiger partial charge in [-0.05, 0) is 62.2 Å². The molecule has 1 N–H and O–H groups in total. The molecule has 0 radical (unpaired) electrons. The van der Waals surface area contributed by atoms with Crippen molar-refractivity contribution in [2.24, 2.45) is 0 Å². The van der Waals surface area contributed by atoms with Gasteiger partial charge in [-0.15, -0.1) is 0 Å². The Labute approximate surface area is 178 Å². The van der Waals surface area contributed by atoms with E-state index in [1.54, 1.807) is 30.3 Å². The van der Waals surface area contributed by atoms with Gasteiger partial charge in [0.1, 0.15) is 11.6 Å². The molecule has 0 bridgehead atoms. The van der Waals surface area contributed by atoms with Crippen molar-refractivity contribution >= 4 is 45.2 Å². The Kier molecular flexibility index (Phi) is 7.91. The molecule has 2 aromatic carbocycles. The first kappa shape index (κ1) is 21.8. The summed E-state index contributed by atoms with van der Waals surface area (Å²) in [5, 5.41) is 12.7. The molecule has 0 heterocycles. The Bertz CT molecular complexity index is 951. The summed E-state index contributed by atoms with van der Waals surface area (Å²) in [7, 11) is 0. The van der Waals surface area contributed by atoms with E-state index in [2.05, 4.69) is 21.2 Å². The molecule has 0 saturated carbocycles. The predicted octanol–water partition coefficient (Wildman–Crippen LogP) is 5.75. The first-order valence-corrected chi connectivity index (χ1v) is 9.85. The van der Waals surface area contributed by atoms with Crippen LogP contribution in [-0.2, 0) is 4.79 Å². The monoisotopic (exact) mass is 462 g/mol. The first-order chi connectivity index (χ1) is 13.4. The van der Waals surface area contributed by atoms with Gasteiger partial charge in [0, 0.05) is 15.2 Å². The lowest BCUT2D eigenvalue weighted by Gasteiger charge is -2.13. The fourth-order valence-electron chi connectivity index (χ4n) is 2.37. The number of amides is 1. The number of carbonyl (C=O) groups is 1. The molecule has 0 unspecified atom stereocenters. The lowest BCUT2D eigenvalue weighted by Crippen LogP contribution is -2.13. The number of hydrogen-bond donors (Lipinski definition) is 1. The predicted molar refractivity (Wildman–Crippen MR) is 115 cm³/mol. The van der Waals surface area contributed by atoms with Gasteiger partial charge in [0.05, 0.1) is 13.2 Å². The molecule has 5 nitrogen and oxygen atoms in total. The van der Waals surface area contributed by atoms with Crippen LogP contribution in [0.1, 0.15) is 25.0 Å². The average Bonchev–Trinajstić information content (AvgIpc) is 2.66. The minimum Gasteiger partial charge on any atom is -0.490 e. The van der Waals surface area contributed by atoms with E-state index in [1.807, 2.05) is 26.8 Å². The van der Waals surface area contributed by atoms with E-state index in [1.165, 1.54) is 6.08 Å². The van der Waals surface area contributed by atoms with Crippen molar-refractivity contribution in [1.82, 2.24) is 0 Å². The molecule has 0 fully saturated rings. The number of carbonyl (C=O) groups excluding carboxylic acids is 1. The van der Waals surface area contributed by atoms with Crippen LogP contribution in [0.4, 0.5) is 5.69 Å². The van der Waals surface area contributed by atoms with Crippen LogP contribution in [-0.4, -0.2) is 19.1 Å². The number of nitrogens with one attached hydrogen (secondary N) is 1. The molecule has 28 heavy (non-hydrogen) atoms. The fraction of sp³-hybridized carbons (Fsp3) is 0.238. The number of nitrogens with zero attached hydrogens (tertiary/aromatic N) is 1. The summed E-state index contributed by atoms with van der Waals surface area (Å²) in [4.78, 5) is 12.5. The highest BCUT2D eigenvalue weighted by Gasteiger charge is 2.14. The molecule has 146 valence electrons. The molecule has 2 rings (SSSR count). The minimum atomic E-state index is -0.527. The van der Waals surface area contributed by atoms with Crippen LogP contribution < -0.4 is 14.8 Å². The van der Waals surface area contributed by atoms with Gasteiger partial charge in [0.25, 0.3) is 5.91 Å². The average molecular weight is 464 g/mol. The lowest BCUT2D eigenvalue weighted by atomic mass is 10.1. The van der Waals surface area contributed by atoms with E-state index in [4.69, 9.17) is 21.1 Å². The highest BCUT2D eigenvalue weighted by molar-refractivity contribution is 9.10. The zero-order valence-electron chi connectivity index (χ0n) is 15.8. The quantitative estimate of drug-likeness (QED) is 0.419. The SMILES string of the molecule is CCOc1cc(Br)c(/C=C(/C#N)C(=O)Nc2ccc(C)c(Cl)c2)cc1OCC. The van der Waals surface area contributed by atoms with E-state index in [-0.39, 0.29) is 5.57 Å². The van der Waals surface area contributed by atoms with Crippen LogP contribution in [0.2, 0.25) is 5.02 Å². The summed E-state index contributed by atoms with van der Waals surface area (Å²) >= 11 is 9.54. The Morgan fingerprint density at radius 3 is 2.43 bits per heavy atom. The lowest BCUT2D eigenvalue weighted by molar-refractivity contribution is -0.112. The van der Waals surface area contributed by atoms with Crippen molar-refractivity contribution in [3.8, 4) is 17.6 Å². The van der Waals surface area contributed by atoms with E-state index in [9.17, 15) is 10.1 Å². The smallest absolute Gasteiger partial charge is 0.266 e. The molecule has 2 aromatic rings. The number of benzene rings is 2. The van der Waals surface area contributed by atoms with E-state index in [0.29, 0.717) is 45.5 Å². The van der Waals surface area contributed by atoms with E-state index in [0.717, 1.165) is 5.56 Å². The second kappa shape index (κ2) is 10.2. The standard InChI is InChI=1S/C21H20BrClN2O3/c1-4-27-19-9-14(17(22)11-20(19)28-5-2)8-15(12-24)21(26)25-16-7-6-13(3)18(23)10-16/h6-11H,4-5H2,1-3H3,(H,25,26)/b15-8-. The molecule has 0 aliphatic heterocycles. The maximum atomic E-state index is 12.5. The molecular formula is C21H20BrClN2O3. The summed E-state index contributed by atoms with van der Waals surface area (Å²) in [5.41, 5.74) is 1.99. The number of rotatable bonds is 7. The molecule has 0 aromatic heterocycles. The largest absolute Gasteiger partial charge is 0.490 e. The summed E-state index contributed by atoms with van der Waals surface area (Å²) < 4.78 is 11.9. The Hall–Kier alpha value is -2.49. The first-order valence-electron chi connectivity index (χ1n) is 8.68. The van der Waals surface area contributed by atoms with Gasteiger partial charge in [0.15, 0.2) is 11.5 Å². The van der Waals surface area contributed by atoms with Crippen molar-refractivity contribution in [2.45, 2.75) is 20.8 Å². The van der Waals surface area contributed by atoms with Gasteiger partial charge in [-0.1, -0.05) is 33.6 Å². The zero-order chi connectivity index (χ0) is 20.7. The molecule has 0 aliphatic carbocycles. The van der Waals surface area contributed by atoms with Crippen LogP contribution in [0, 0.1) is 18.3 Å². The van der Waals surface area contributed by atoms with Gasteiger partial charge >= 0.3 is 0 Å². The number of aryl methyl sites for hydroxylation is 1. The third-order valence-corrected chi connectivity index (χ3v) is 4.85. The molecule has 0 saturated heterocycles. The minimum absolute atomic E-state index is 0.0518. The summed E-state index contributed by atoms with van der Waals surface area (Å²) in [6.07, 6.45) is 1.49. The van der Waals surface area contributed by atoms with Gasteiger partial charge in [-0.2, -0.15) is 5.26 Å². The Morgan fingerprint density at radius 2 is 1.86 bits per heavy atom. The maximum Gasteiger partial charge on any atom is 0.266 e. The fourth-order valence-corrected chi connectivity index (χ4v) is 2.99. The highest BCUT2D eigenvalue weighted by atomic mass is 79.9. The van der Waals surface area contributed by atoms with Crippen LogP contribution in [0.25, 0.3) is 6.08 Å². The second-order valence-electron chi connectivity index (χ2n) is 5.77. The number of halogens is 2. The van der Waals surface area contributed by atoms with Crippen molar-refractivity contribution < 1.29 is 14.3 Å². The van der Waals surface area contributed by atoms with Gasteiger partial charge in [0.2, 0.25) is 0 Å². The highest BCUT2D eigenvalue weighted by Crippen LogP contribution is 2.35. The van der Waals surface area contributed by atoms with Gasteiger partial charge < -0.3 is 14.8 Å². The van der Waals surface area contributed by atoms with Crippen molar-refractivity contribution in [3.63, 3.8) is 0 Å². The number of nitriles is 1. The molecule has 0 spiro atoms. The molecular weight excluding hydrogens is 444 g/mol. The summed E-state index contributed by atoms with van der Waals surface area (Å²) in [5.74, 6) is 0.605. The maximum absolute atomic E-state index is 12.5. The summed E-state index contributed by atoms with van der Waals surface area (Å²) in [6.45, 7) is 6.58. The van der Waals surface area contributed by atoms with Crippen LogP contribution in [0.15, 0.2) is 40.4 Å². The van der Waals surface area contributed by atoms with E-state index >= 15 is 0 Å². The topological polar surface area (TPSA) is 71.3 Å². The number of hydrogen-bond acceptors (Lipinski definition) is 4. The van der Waals surface area contributed by atoms with Crippen LogP contribution >= 0.6 is 27.5 Å². The normalized spacial score (nSPS) is 10.9. The third-order valence-electron chi connectivity index (χ3n) is 3.76. The van der Waals surface area contributed by atoms with Gasteiger partial charge in [-0.25, -0.2) is 0 Å². The van der Waals surface area contributed by atoms with Crippen molar-refractivity contribution in [1.29, 1.82) is 5.26 Å². The van der Waals surface area contributed by atoms with Crippen LogP contribution in [0.3, 0.4) is 0 Å². The van der Waals surface area contributed by atoms with E-state index < -0.39 is 5.91 Å². The molecule has 7 heteroatoms. The molecule has 0 aliphatic rings. The third kappa shape index (κ3) is 5.51. The Balaban J connectivity index is 2.34. The van der Waals surface area contributed by atoms with Crippen LogP contribution in [0.5, 0.6) is 11.5 Å². The van der Waals surface area contributed by atoms with Crippen molar-refractivity contribution in [3.05, 3.63) is 56.5 Å². The Morgan fingerprint density at radius 1 is 1.21 bits per heavy atom. The summed E-state index contributed by atoms with van der Waals surface area (Å²) in [6, 6.07) is 10.6. The van der Waals surface area contributed by atoms with Gasteiger partial charge in [-0.3, -0.25) is 4.79 Å². The number of anilines is 1. The van der Waals surface area contributed by atoms with Crippen molar-refractivity contribution in [2.75, 3.05) is 18.5 Å². The number of ether oxygens (including phenoxy) is 2. The zero-order valence-corrected chi connectivity index (χ0v) is 18.1.